The van der Waals surface area contributed by atoms with E-state index < -0.39 is 0 Å². The van der Waals surface area contributed by atoms with E-state index in [1.54, 1.807) is 12.5 Å². The van der Waals surface area contributed by atoms with Gasteiger partial charge in [-0.15, -0.1) is 0 Å². The molecule has 1 N–H and O–H groups in total. The molecule has 0 unspecified atom stereocenters. The molecule has 15 heavy (non-hydrogen) atoms. The molecule has 4 nitrogen and oxygen atoms in total. The minimum Gasteiger partial charge on any atom is -0.354 e. The van der Waals surface area contributed by atoms with Gasteiger partial charge < -0.3 is 9.88 Å². The Morgan fingerprint density at radius 2 is 2.27 bits per heavy atom. The van der Waals surface area contributed by atoms with E-state index in [-0.39, 0.29) is 11.8 Å². The maximum atomic E-state index is 11.6. The summed E-state index contributed by atoms with van der Waals surface area (Å²) in [6, 6.07) is 0. The van der Waals surface area contributed by atoms with Crippen LogP contribution < -0.4 is 5.32 Å². The van der Waals surface area contributed by atoms with Crippen LogP contribution >= 0.6 is 0 Å². The molecule has 1 aliphatic rings. The minimum atomic E-state index is 0.229. The lowest BCUT2D eigenvalue weighted by atomic mass is 10.1. The van der Waals surface area contributed by atoms with Crippen molar-refractivity contribution >= 4 is 5.91 Å². The number of nitrogens with zero attached hydrogens (tertiary/aromatic N) is 2. The molecule has 0 spiro atoms. The van der Waals surface area contributed by atoms with Crippen LogP contribution in [-0.2, 0) is 11.3 Å². The third kappa shape index (κ3) is 2.81. The van der Waals surface area contributed by atoms with Crippen LogP contribution in [0.4, 0.5) is 0 Å². The molecule has 0 saturated heterocycles. The number of rotatable bonds is 4. The van der Waals surface area contributed by atoms with Gasteiger partial charge in [0.15, 0.2) is 0 Å². The number of carbonyl (C=O) groups is 1. The average molecular weight is 207 g/mol. The standard InChI is InChI=1S/C11H17N3O/c15-11(10-3-1-2-4-10)13-6-8-14-7-5-12-9-14/h5,7,9-10H,1-4,6,8H2,(H,13,15). The number of hydrogen-bond acceptors (Lipinski definition) is 2. The third-order valence-electron chi connectivity index (χ3n) is 2.95. The van der Waals surface area contributed by atoms with Crippen molar-refractivity contribution < 1.29 is 4.79 Å². The lowest BCUT2D eigenvalue weighted by Gasteiger charge is -2.10. The van der Waals surface area contributed by atoms with Crippen LogP contribution in [0.2, 0.25) is 0 Å². The highest BCUT2D eigenvalue weighted by molar-refractivity contribution is 5.78. The minimum absolute atomic E-state index is 0.229. The first-order valence-electron chi connectivity index (χ1n) is 5.60. The normalized spacial score (nSPS) is 16.8. The lowest BCUT2D eigenvalue weighted by molar-refractivity contribution is -0.124. The van der Waals surface area contributed by atoms with Gasteiger partial charge in [0.25, 0.3) is 0 Å². The van der Waals surface area contributed by atoms with Gasteiger partial charge in [0.1, 0.15) is 0 Å². The Morgan fingerprint density at radius 1 is 1.47 bits per heavy atom. The summed E-state index contributed by atoms with van der Waals surface area (Å²) < 4.78 is 1.97. The topological polar surface area (TPSA) is 46.9 Å². The maximum absolute atomic E-state index is 11.6. The van der Waals surface area contributed by atoms with E-state index in [2.05, 4.69) is 10.3 Å². The van der Waals surface area contributed by atoms with E-state index in [1.807, 2.05) is 10.8 Å². The molecular formula is C11H17N3O. The van der Waals surface area contributed by atoms with Gasteiger partial charge in [-0.25, -0.2) is 4.98 Å². The number of nitrogens with one attached hydrogen (secondary N) is 1. The molecule has 1 saturated carbocycles. The SMILES string of the molecule is O=C(NCCn1ccnc1)C1CCCC1. The molecular weight excluding hydrogens is 190 g/mol. The van der Waals surface area contributed by atoms with E-state index in [0.717, 1.165) is 19.4 Å². The van der Waals surface area contributed by atoms with Crippen LogP contribution in [-0.4, -0.2) is 22.0 Å². The smallest absolute Gasteiger partial charge is 0.223 e. The van der Waals surface area contributed by atoms with Gasteiger partial charge in [0.05, 0.1) is 6.33 Å². The zero-order chi connectivity index (χ0) is 10.5. The Balaban J connectivity index is 1.67. The Bertz CT molecular complexity index is 302. The molecule has 0 aliphatic heterocycles. The van der Waals surface area contributed by atoms with Gasteiger partial charge in [0, 0.05) is 31.4 Å². The first-order valence-corrected chi connectivity index (χ1v) is 5.60. The highest BCUT2D eigenvalue weighted by Gasteiger charge is 2.21. The first kappa shape index (κ1) is 10.2. The van der Waals surface area contributed by atoms with Crippen LogP contribution in [0.25, 0.3) is 0 Å². The Hall–Kier alpha value is -1.32. The monoisotopic (exact) mass is 207 g/mol. The van der Waals surface area contributed by atoms with Crippen molar-refractivity contribution in [2.75, 3.05) is 6.54 Å². The number of hydrogen-bond donors (Lipinski definition) is 1. The van der Waals surface area contributed by atoms with Crippen LogP contribution in [0.1, 0.15) is 25.7 Å². The average Bonchev–Trinajstić information content (AvgIpc) is 2.90. The zero-order valence-corrected chi connectivity index (χ0v) is 8.85. The van der Waals surface area contributed by atoms with E-state index in [1.165, 1.54) is 12.8 Å². The highest BCUT2D eigenvalue weighted by Crippen LogP contribution is 2.24. The fourth-order valence-electron chi connectivity index (χ4n) is 2.06. The molecule has 0 bridgehead atoms. The van der Waals surface area contributed by atoms with E-state index in [9.17, 15) is 4.79 Å². The molecule has 1 aliphatic carbocycles. The molecule has 1 heterocycles. The molecule has 82 valence electrons. The van der Waals surface area contributed by atoms with Crippen molar-refractivity contribution in [2.24, 2.45) is 5.92 Å². The fraction of sp³-hybridized carbons (Fsp3) is 0.636. The van der Waals surface area contributed by atoms with Gasteiger partial charge in [-0.05, 0) is 12.8 Å². The summed E-state index contributed by atoms with van der Waals surface area (Å²) in [5.41, 5.74) is 0. The van der Waals surface area contributed by atoms with Crippen molar-refractivity contribution in [1.29, 1.82) is 0 Å². The Labute approximate surface area is 89.7 Å². The summed E-state index contributed by atoms with van der Waals surface area (Å²) in [6.45, 7) is 1.50. The summed E-state index contributed by atoms with van der Waals surface area (Å²) in [4.78, 5) is 15.6. The number of aromatic nitrogens is 2. The predicted molar refractivity (Wildman–Crippen MR) is 57.2 cm³/mol. The molecule has 1 aromatic heterocycles. The second-order valence-electron chi connectivity index (χ2n) is 4.07. The molecule has 1 amide bonds. The van der Waals surface area contributed by atoms with Gasteiger partial charge in [-0.3, -0.25) is 4.79 Å². The van der Waals surface area contributed by atoms with Gasteiger partial charge in [-0.2, -0.15) is 0 Å². The van der Waals surface area contributed by atoms with Crippen molar-refractivity contribution in [3.05, 3.63) is 18.7 Å². The number of amides is 1. The molecule has 0 aromatic carbocycles. The highest BCUT2D eigenvalue weighted by atomic mass is 16.1. The van der Waals surface area contributed by atoms with Crippen LogP contribution in [0, 0.1) is 5.92 Å². The Kier molecular flexibility index (Phi) is 3.37. The molecule has 0 radical (unpaired) electrons. The summed E-state index contributed by atoms with van der Waals surface area (Å²) in [7, 11) is 0. The summed E-state index contributed by atoms with van der Waals surface area (Å²) >= 11 is 0. The lowest BCUT2D eigenvalue weighted by Crippen LogP contribution is -2.31. The molecule has 4 heteroatoms. The van der Waals surface area contributed by atoms with Crippen LogP contribution in [0.3, 0.4) is 0 Å². The van der Waals surface area contributed by atoms with E-state index >= 15 is 0 Å². The van der Waals surface area contributed by atoms with Crippen LogP contribution in [0.15, 0.2) is 18.7 Å². The molecule has 1 aromatic rings. The molecule has 0 atom stereocenters. The third-order valence-corrected chi connectivity index (χ3v) is 2.95. The number of imidazole rings is 1. The summed E-state index contributed by atoms with van der Waals surface area (Å²) in [6.07, 6.45) is 9.97. The fourth-order valence-corrected chi connectivity index (χ4v) is 2.06. The Morgan fingerprint density at radius 3 is 2.93 bits per heavy atom. The second-order valence-corrected chi connectivity index (χ2v) is 4.07. The molecule has 2 rings (SSSR count). The number of carbonyl (C=O) groups excluding carboxylic acids is 1. The van der Waals surface area contributed by atoms with Crippen LogP contribution in [0.5, 0.6) is 0 Å². The van der Waals surface area contributed by atoms with Gasteiger partial charge >= 0.3 is 0 Å². The quantitative estimate of drug-likeness (QED) is 0.806. The summed E-state index contributed by atoms with van der Waals surface area (Å²) in [5.74, 6) is 0.500. The second kappa shape index (κ2) is 4.96. The summed E-state index contributed by atoms with van der Waals surface area (Å²) in [5, 5.41) is 2.98. The van der Waals surface area contributed by atoms with E-state index in [4.69, 9.17) is 0 Å². The van der Waals surface area contributed by atoms with Crippen molar-refractivity contribution in [2.45, 2.75) is 32.2 Å². The predicted octanol–water partition coefficient (Wildman–Crippen LogP) is 1.19. The molecule has 1 fully saturated rings. The van der Waals surface area contributed by atoms with E-state index in [0.29, 0.717) is 6.54 Å². The van der Waals surface area contributed by atoms with Crippen molar-refractivity contribution in [3.8, 4) is 0 Å². The van der Waals surface area contributed by atoms with Crippen molar-refractivity contribution in [1.82, 2.24) is 14.9 Å². The largest absolute Gasteiger partial charge is 0.354 e. The first-order chi connectivity index (χ1) is 7.36. The van der Waals surface area contributed by atoms with Gasteiger partial charge in [0.2, 0.25) is 5.91 Å². The zero-order valence-electron chi connectivity index (χ0n) is 8.85. The van der Waals surface area contributed by atoms with Gasteiger partial charge in [-0.1, -0.05) is 12.8 Å². The maximum Gasteiger partial charge on any atom is 0.223 e. The van der Waals surface area contributed by atoms with Crippen molar-refractivity contribution in [3.63, 3.8) is 0 Å².